The number of Topliss-reactive ketones (excluding diaryl/α,β-unsaturated/α-hetero) is 2. The molecule has 0 aliphatic carbocycles. The quantitative estimate of drug-likeness (QED) is 0.610. The first kappa shape index (κ1) is 25.6. The number of esters is 1. The molecular weight excluding hydrogens is 420 g/mol. The van der Waals surface area contributed by atoms with Crippen LogP contribution in [0.5, 0.6) is 0 Å². The average Bonchev–Trinajstić information content (AvgIpc) is 3.08. The Kier molecular flexibility index (Phi) is 7.80. The zero-order chi connectivity index (χ0) is 24.4. The first-order valence-electron chi connectivity index (χ1n) is 12.1. The highest BCUT2D eigenvalue weighted by atomic mass is 16.6. The molecule has 0 spiro atoms. The van der Waals surface area contributed by atoms with Gasteiger partial charge in [0.25, 0.3) is 0 Å². The van der Waals surface area contributed by atoms with Crippen molar-refractivity contribution >= 4 is 17.5 Å². The molecule has 0 radical (unpaired) electrons. The van der Waals surface area contributed by atoms with Gasteiger partial charge in [-0.05, 0) is 52.0 Å². The standard InChI is InChI=1S/C27H38O6/c1-7-24-26(4,5)22(28)13-20-17(2)15-27(6,33-20)23(29)14-21(18(3)25(30)32-24)31-16-19-11-9-8-10-12-19/h8-12,17-18,20-21,24H,7,13-16H2,1-6H3/t17-,18-,20-,21+,24-,27-/m1/s1. The number of hydrogen-bond acceptors (Lipinski definition) is 6. The molecule has 3 rings (SSSR count). The molecule has 1 aromatic carbocycles. The van der Waals surface area contributed by atoms with E-state index in [1.807, 2.05) is 58.0 Å². The van der Waals surface area contributed by atoms with E-state index in [-0.39, 0.29) is 43.0 Å². The molecule has 0 N–H and O–H groups in total. The SMILES string of the molecule is CC[C@H]1OC(=O)[C@H](C)[C@@H](OCc2ccccc2)CC(=O)[C@@]2(C)C[C@@H](C)[C@@H](CC(=O)C1(C)C)O2. The zero-order valence-corrected chi connectivity index (χ0v) is 20.8. The highest BCUT2D eigenvalue weighted by Gasteiger charge is 2.50. The number of carbonyl (C=O) groups excluding carboxylic acids is 3. The smallest absolute Gasteiger partial charge is 0.311 e. The monoisotopic (exact) mass is 458 g/mol. The van der Waals surface area contributed by atoms with Crippen molar-refractivity contribution in [1.29, 1.82) is 0 Å². The maximum Gasteiger partial charge on any atom is 0.311 e. The van der Waals surface area contributed by atoms with Crippen molar-refractivity contribution in [3.8, 4) is 0 Å². The number of hydrogen-bond donors (Lipinski definition) is 0. The van der Waals surface area contributed by atoms with E-state index >= 15 is 0 Å². The van der Waals surface area contributed by atoms with Gasteiger partial charge in [0.05, 0.1) is 30.1 Å². The van der Waals surface area contributed by atoms with Crippen molar-refractivity contribution < 1.29 is 28.6 Å². The van der Waals surface area contributed by atoms with Gasteiger partial charge >= 0.3 is 5.97 Å². The van der Waals surface area contributed by atoms with E-state index in [1.165, 1.54) is 0 Å². The summed E-state index contributed by atoms with van der Waals surface area (Å²) in [6.07, 6.45) is -0.232. The molecule has 0 unspecified atom stereocenters. The second-order valence-electron chi connectivity index (χ2n) is 10.5. The molecule has 33 heavy (non-hydrogen) atoms. The van der Waals surface area contributed by atoms with Crippen molar-refractivity contribution in [3.63, 3.8) is 0 Å². The number of ether oxygens (including phenoxy) is 3. The van der Waals surface area contributed by atoms with E-state index in [0.29, 0.717) is 12.8 Å². The summed E-state index contributed by atoms with van der Waals surface area (Å²) in [5.74, 6) is -1.16. The highest BCUT2D eigenvalue weighted by Crippen LogP contribution is 2.41. The van der Waals surface area contributed by atoms with Crippen LogP contribution in [0, 0.1) is 17.3 Å². The fraction of sp³-hybridized carbons (Fsp3) is 0.667. The molecule has 6 nitrogen and oxygen atoms in total. The van der Waals surface area contributed by atoms with E-state index in [9.17, 15) is 14.4 Å². The largest absolute Gasteiger partial charge is 0.461 e. The Morgan fingerprint density at radius 2 is 1.67 bits per heavy atom. The van der Waals surface area contributed by atoms with Gasteiger partial charge in [0, 0.05) is 12.8 Å². The van der Waals surface area contributed by atoms with Crippen molar-refractivity contribution in [2.45, 2.75) is 97.7 Å². The summed E-state index contributed by atoms with van der Waals surface area (Å²) in [6.45, 7) is 11.4. The fourth-order valence-corrected chi connectivity index (χ4v) is 4.99. The number of rotatable bonds is 4. The first-order valence-corrected chi connectivity index (χ1v) is 12.1. The summed E-state index contributed by atoms with van der Waals surface area (Å²) in [4.78, 5) is 39.8. The van der Waals surface area contributed by atoms with E-state index in [4.69, 9.17) is 14.2 Å². The summed E-state index contributed by atoms with van der Waals surface area (Å²) in [6, 6.07) is 9.66. The minimum atomic E-state index is -0.995. The molecule has 6 atom stereocenters. The molecule has 2 fully saturated rings. The van der Waals surface area contributed by atoms with Crippen LogP contribution >= 0.6 is 0 Å². The normalized spacial score (nSPS) is 35.3. The number of fused-ring (bicyclic) bond motifs is 2. The fourth-order valence-electron chi connectivity index (χ4n) is 4.99. The van der Waals surface area contributed by atoms with Crippen LogP contribution in [-0.4, -0.2) is 41.4 Å². The van der Waals surface area contributed by atoms with Crippen LogP contribution in [0.4, 0.5) is 0 Å². The van der Waals surface area contributed by atoms with Crippen LogP contribution in [0.15, 0.2) is 30.3 Å². The molecular formula is C27H38O6. The van der Waals surface area contributed by atoms with Gasteiger partial charge in [-0.25, -0.2) is 0 Å². The molecule has 2 saturated heterocycles. The second kappa shape index (κ2) is 10.1. The van der Waals surface area contributed by atoms with E-state index < -0.39 is 35.1 Å². The zero-order valence-electron chi connectivity index (χ0n) is 20.8. The van der Waals surface area contributed by atoms with Crippen LogP contribution in [0.2, 0.25) is 0 Å². The lowest BCUT2D eigenvalue weighted by Crippen LogP contribution is -2.43. The van der Waals surface area contributed by atoms with Gasteiger partial charge in [0.1, 0.15) is 17.5 Å². The third-order valence-corrected chi connectivity index (χ3v) is 7.51. The predicted octanol–water partition coefficient (Wildman–Crippen LogP) is 4.67. The number of carbonyl (C=O) groups is 3. The summed E-state index contributed by atoms with van der Waals surface area (Å²) in [5.41, 5.74) is -0.890. The van der Waals surface area contributed by atoms with Gasteiger partial charge in [0.2, 0.25) is 0 Å². The van der Waals surface area contributed by atoms with Crippen LogP contribution in [-0.2, 0) is 35.2 Å². The lowest BCUT2D eigenvalue weighted by atomic mass is 9.77. The van der Waals surface area contributed by atoms with Crippen LogP contribution in [0.1, 0.15) is 72.8 Å². The molecule has 0 amide bonds. The lowest BCUT2D eigenvalue weighted by Gasteiger charge is -2.34. The van der Waals surface area contributed by atoms with Gasteiger partial charge in [-0.1, -0.05) is 44.2 Å². The van der Waals surface area contributed by atoms with Crippen LogP contribution in [0.25, 0.3) is 0 Å². The van der Waals surface area contributed by atoms with E-state index in [1.54, 1.807) is 13.8 Å². The molecule has 2 heterocycles. The third-order valence-electron chi connectivity index (χ3n) is 7.51. The molecule has 0 aromatic heterocycles. The van der Waals surface area contributed by atoms with Crippen LogP contribution in [0.3, 0.4) is 0 Å². The highest BCUT2D eigenvalue weighted by molar-refractivity contribution is 5.89. The maximum atomic E-state index is 13.4. The van der Waals surface area contributed by atoms with Crippen molar-refractivity contribution in [3.05, 3.63) is 35.9 Å². The van der Waals surface area contributed by atoms with E-state index in [0.717, 1.165) is 5.56 Å². The Morgan fingerprint density at radius 3 is 2.30 bits per heavy atom. The third kappa shape index (κ3) is 5.55. The number of cyclic esters (lactones) is 1. The topological polar surface area (TPSA) is 78.9 Å². The number of ketones is 2. The number of benzene rings is 1. The minimum absolute atomic E-state index is 0.0144. The van der Waals surface area contributed by atoms with Crippen LogP contribution < -0.4 is 0 Å². The van der Waals surface area contributed by atoms with Gasteiger partial charge in [-0.15, -0.1) is 0 Å². The molecule has 2 bridgehead atoms. The van der Waals surface area contributed by atoms with E-state index in [2.05, 4.69) is 0 Å². The summed E-state index contributed by atoms with van der Waals surface area (Å²) < 4.78 is 18.2. The van der Waals surface area contributed by atoms with Crippen molar-refractivity contribution in [1.82, 2.24) is 0 Å². The Labute approximate surface area is 197 Å². The molecule has 6 heteroatoms. The summed E-state index contributed by atoms with van der Waals surface area (Å²) >= 11 is 0. The van der Waals surface area contributed by atoms with Crippen molar-refractivity contribution in [2.75, 3.05) is 0 Å². The molecule has 0 saturated carbocycles. The van der Waals surface area contributed by atoms with Gasteiger partial charge < -0.3 is 14.2 Å². The molecule has 2 aliphatic heterocycles. The van der Waals surface area contributed by atoms with Gasteiger partial charge in [-0.2, -0.15) is 0 Å². The molecule has 2 aliphatic rings. The summed E-state index contributed by atoms with van der Waals surface area (Å²) in [5, 5.41) is 0. The summed E-state index contributed by atoms with van der Waals surface area (Å²) in [7, 11) is 0. The first-order chi connectivity index (χ1) is 15.5. The Hall–Kier alpha value is -2.05. The molecule has 182 valence electrons. The maximum absolute atomic E-state index is 13.4. The predicted molar refractivity (Wildman–Crippen MR) is 124 cm³/mol. The van der Waals surface area contributed by atoms with Crippen molar-refractivity contribution in [2.24, 2.45) is 17.3 Å². The average molecular weight is 459 g/mol. The minimum Gasteiger partial charge on any atom is -0.461 e. The van der Waals surface area contributed by atoms with Gasteiger partial charge in [-0.3, -0.25) is 14.4 Å². The van der Waals surface area contributed by atoms with Gasteiger partial charge in [0.15, 0.2) is 5.78 Å². The Bertz CT molecular complexity index is 863. The Morgan fingerprint density at radius 1 is 1.00 bits per heavy atom. The molecule has 1 aromatic rings. The lowest BCUT2D eigenvalue weighted by molar-refractivity contribution is -0.168. The Balaban J connectivity index is 1.92. The second-order valence-corrected chi connectivity index (χ2v) is 10.5.